The Bertz CT molecular complexity index is 1120. The van der Waals surface area contributed by atoms with Crippen LogP contribution in [0.4, 0.5) is 11.4 Å². The molecule has 4 atom stereocenters. The van der Waals surface area contributed by atoms with Crippen molar-refractivity contribution >= 4 is 11.4 Å². The highest BCUT2D eigenvalue weighted by molar-refractivity contribution is 5.71. The average molecular weight is 410 g/mol. The second-order valence-electron chi connectivity index (χ2n) is 9.54. The lowest BCUT2D eigenvalue weighted by Crippen LogP contribution is -2.45. The molecule has 0 radical (unpaired) electrons. The van der Waals surface area contributed by atoms with E-state index in [1.165, 1.54) is 42.6 Å². The molecule has 3 aromatic carbocycles. The van der Waals surface area contributed by atoms with E-state index in [9.17, 15) is 1.37 Å². The van der Waals surface area contributed by atoms with Crippen molar-refractivity contribution in [1.29, 1.82) is 0 Å². The summed E-state index contributed by atoms with van der Waals surface area (Å²) in [7, 11) is 0. The summed E-state index contributed by atoms with van der Waals surface area (Å²) >= 11 is 0. The highest BCUT2D eigenvalue weighted by Gasteiger charge is 2.55. The van der Waals surface area contributed by atoms with Gasteiger partial charge in [0.15, 0.2) is 0 Å². The number of aryl methyl sites for hydroxylation is 1. The summed E-state index contributed by atoms with van der Waals surface area (Å²) in [6.07, 6.45) is 5.50. The fourth-order valence-electron chi connectivity index (χ4n) is 6.55. The van der Waals surface area contributed by atoms with Crippen molar-refractivity contribution in [2.24, 2.45) is 5.92 Å². The first-order valence-corrected chi connectivity index (χ1v) is 11.9. The van der Waals surface area contributed by atoms with Crippen molar-refractivity contribution in [2.75, 3.05) is 9.80 Å². The van der Waals surface area contributed by atoms with E-state index in [1.807, 2.05) is 0 Å². The lowest BCUT2D eigenvalue weighted by molar-refractivity contribution is 0.425. The number of para-hydroxylation sites is 2. The highest BCUT2D eigenvalue weighted by Crippen LogP contribution is 2.54. The third-order valence-corrected chi connectivity index (χ3v) is 7.83. The maximum absolute atomic E-state index is 10.1. The quantitative estimate of drug-likeness (QED) is 0.472. The molecule has 2 heteroatoms. The number of fused-ring (bicyclic) bond motifs is 3. The van der Waals surface area contributed by atoms with Gasteiger partial charge in [-0.05, 0) is 61.4 Å². The molecule has 2 nitrogen and oxygen atoms in total. The summed E-state index contributed by atoms with van der Waals surface area (Å²) in [6, 6.07) is 28.4. The first-order chi connectivity index (χ1) is 15.6. The molecule has 6 rings (SSSR count). The molecule has 0 aromatic heterocycles. The molecule has 0 N–H and O–H groups in total. The molecule has 0 amide bonds. The largest absolute Gasteiger partial charge is 0.346 e. The Morgan fingerprint density at radius 3 is 2.16 bits per heavy atom. The summed E-state index contributed by atoms with van der Waals surface area (Å²) in [6.45, 7) is 4.59. The predicted octanol–water partition coefficient (Wildman–Crippen LogP) is 6.74. The van der Waals surface area contributed by atoms with Gasteiger partial charge < -0.3 is 9.80 Å². The van der Waals surface area contributed by atoms with E-state index in [0.717, 1.165) is 11.1 Å². The average Bonchev–Trinajstić information content (AvgIpc) is 3.52. The first-order valence-electron chi connectivity index (χ1n) is 12.4. The number of nitrogens with zero attached hydrogens (tertiary/aromatic N) is 2. The minimum absolute atomic E-state index is 0.0764. The van der Waals surface area contributed by atoms with E-state index in [2.05, 4.69) is 103 Å². The summed E-state index contributed by atoms with van der Waals surface area (Å²) in [5, 5.41) is 0. The zero-order valence-electron chi connectivity index (χ0n) is 19.5. The van der Waals surface area contributed by atoms with Crippen LogP contribution >= 0.6 is 0 Å². The minimum atomic E-state index is -0.786. The van der Waals surface area contributed by atoms with Crippen LogP contribution in [0.15, 0.2) is 78.9 Å². The number of anilines is 2. The lowest BCUT2D eigenvalue weighted by atomic mass is 9.85. The van der Waals surface area contributed by atoms with E-state index in [4.69, 9.17) is 0 Å². The van der Waals surface area contributed by atoms with Gasteiger partial charge in [0.25, 0.3) is 0 Å². The molecule has 1 aliphatic carbocycles. The number of hydrogen-bond acceptors (Lipinski definition) is 2. The van der Waals surface area contributed by atoms with E-state index < -0.39 is 5.89 Å². The third kappa shape index (κ3) is 2.84. The molecule has 1 saturated heterocycles. The zero-order valence-corrected chi connectivity index (χ0v) is 18.5. The van der Waals surface area contributed by atoms with Crippen molar-refractivity contribution < 1.29 is 1.37 Å². The van der Waals surface area contributed by atoms with Crippen LogP contribution in [0, 0.1) is 12.8 Å². The van der Waals surface area contributed by atoms with E-state index >= 15 is 0 Å². The Hall–Kier alpha value is -2.74. The molecule has 3 aliphatic rings. The van der Waals surface area contributed by atoms with E-state index in [0.29, 0.717) is 12.1 Å². The topological polar surface area (TPSA) is 6.48 Å². The summed E-state index contributed by atoms with van der Waals surface area (Å²) in [5.41, 5.74) is 6.18. The Morgan fingerprint density at radius 2 is 1.42 bits per heavy atom. The van der Waals surface area contributed by atoms with Crippen LogP contribution in [0.3, 0.4) is 0 Å². The lowest BCUT2D eigenvalue weighted by Gasteiger charge is -2.38. The van der Waals surface area contributed by atoms with Gasteiger partial charge in [-0.15, -0.1) is 0 Å². The number of rotatable bonds is 3. The third-order valence-electron chi connectivity index (χ3n) is 7.83. The van der Waals surface area contributed by atoms with Gasteiger partial charge in [0, 0.05) is 24.7 Å². The van der Waals surface area contributed by atoms with Gasteiger partial charge in [0.2, 0.25) is 0 Å². The molecule has 31 heavy (non-hydrogen) atoms. The molecule has 158 valence electrons. The van der Waals surface area contributed by atoms with E-state index in [-0.39, 0.29) is 12.1 Å². The Balaban J connectivity index is 1.58. The van der Waals surface area contributed by atoms with Gasteiger partial charge in [-0.1, -0.05) is 79.6 Å². The molecule has 0 bridgehead atoms. The Labute approximate surface area is 187 Å². The molecular formula is C29H32N2. The smallest absolute Gasteiger partial charge is 0.105 e. The van der Waals surface area contributed by atoms with Crippen molar-refractivity contribution in [1.82, 2.24) is 0 Å². The van der Waals surface area contributed by atoms with Crippen molar-refractivity contribution in [3.63, 3.8) is 0 Å². The van der Waals surface area contributed by atoms with Crippen LogP contribution in [0.2, 0.25) is 0 Å². The molecule has 3 unspecified atom stereocenters. The van der Waals surface area contributed by atoms with Crippen LogP contribution in [0.1, 0.15) is 56.6 Å². The standard InChI is InChI=1S/C29H32N2/c1-20-12-6-10-18-25(20)30-21(2)28-27(22-13-4-3-5-14-22)24-17-9-11-19-26(24)31(28)29(30)23-15-7-8-16-23/h3-6,9-14,17-19,21,23,27-29H,7-8,15-16H2,1-2H3/t21-,27?,28?,29?/m0/s1/i27D. The minimum Gasteiger partial charge on any atom is -0.346 e. The fraction of sp³-hybridized carbons (Fsp3) is 0.379. The normalized spacial score (nSPS) is 30.4. The van der Waals surface area contributed by atoms with Gasteiger partial charge in [-0.3, -0.25) is 0 Å². The van der Waals surface area contributed by atoms with Crippen LogP contribution in [-0.4, -0.2) is 18.2 Å². The maximum Gasteiger partial charge on any atom is 0.105 e. The molecule has 3 aromatic rings. The molecule has 2 heterocycles. The predicted molar refractivity (Wildman–Crippen MR) is 130 cm³/mol. The number of hydrogen-bond donors (Lipinski definition) is 0. The second-order valence-corrected chi connectivity index (χ2v) is 9.54. The second kappa shape index (κ2) is 7.44. The van der Waals surface area contributed by atoms with E-state index in [1.54, 1.807) is 0 Å². The summed E-state index contributed by atoms with van der Waals surface area (Å²) in [4.78, 5) is 5.33. The van der Waals surface area contributed by atoms with Gasteiger partial charge in [-0.25, -0.2) is 0 Å². The Kier molecular flexibility index (Phi) is 4.29. The first kappa shape index (κ1) is 17.9. The summed E-state index contributed by atoms with van der Waals surface area (Å²) < 4.78 is 10.1. The van der Waals surface area contributed by atoms with Crippen LogP contribution < -0.4 is 9.80 Å². The molecule has 0 spiro atoms. The summed E-state index contributed by atoms with van der Waals surface area (Å²) in [5.74, 6) is -0.154. The molecular weight excluding hydrogens is 376 g/mol. The SMILES string of the molecule is [2H]C1(c2ccccc2)c2ccccc2N2C(C3CCCC3)N(c3ccccc3C)[C@@H](C)C21. The Morgan fingerprint density at radius 1 is 0.774 bits per heavy atom. The monoisotopic (exact) mass is 409 g/mol. The molecule has 2 fully saturated rings. The van der Waals surface area contributed by atoms with Crippen LogP contribution in [-0.2, 0) is 0 Å². The van der Waals surface area contributed by atoms with Gasteiger partial charge in [0.05, 0.1) is 6.04 Å². The van der Waals surface area contributed by atoms with Crippen molar-refractivity contribution in [3.8, 4) is 0 Å². The van der Waals surface area contributed by atoms with Gasteiger partial charge in [-0.2, -0.15) is 0 Å². The van der Waals surface area contributed by atoms with Crippen molar-refractivity contribution in [2.45, 2.75) is 63.7 Å². The molecule has 2 aliphatic heterocycles. The highest BCUT2D eigenvalue weighted by atomic mass is 15.5. The zero-order chi connectivity index (χ0) is 21.9. The van der Waals surface area contributed by atoms with Gasteiger partial charge in [0.1, 0.15) is 6.17 Å². The molecule has 1 saturated carbocycles. The fourth-order valence-corrected chi connectivity index (χ4v) is 6.55. The van der Waals surface area contributed by atoms with Gasteiger partial charge >= 0.3 is 0 Å². The maximum atomic E-state index is 10.1. The van der Waals surface area contributed by atoms with Crippen LogP contribution in [0.5, 0.6) is 0 Å². The number of benzene rings is 3. The van der Waals surface area contributed by atoms with Crippen LogP contribution in [0.25, 0.3) is 0 Å². The van der Waals surface area contributed by atoms with Crippen molar-refractivity contribution in [3.05, 3.63) is 95.6 Å².